The quantitative estimate of drug-likeness (QED) is 0.640. The molecule has 5 heteroatoms. The molecule has 0 aliphatic rings. The molecule has 3 rings (SSSR count). The molecule has 0 saturated carbocycles. The van der Waals surface area contributed by atoms with E-state index in [1.54, 1.807) is 23.0 Å². The van der Waals surface area contributed by atoms with Gasteiger partial charge in [-0.1, -0.05) is 6.07 Å². The third-order valence-corrected chi connectivity index (χ3v) is 2.67. The lowest BCUT2D eigenvalue weighted by molar-refractivity contribution is 0.112. The number of hydrogen-bond acceptors (Lipinski definition) is 4. The van der Waals surface area contributed by atoms with Gasteiger partial charge < -0.3 is 0 Å². The van der Waals surface area contributed by atoms with Crippen molar-refractivity contribution in [2.45, 2.75) is 6.92 Å². The standard InChI is InChI=1S/C13H10N4O/c1-9-6-10(8-18)7-17-13(9)15-12(16-17)11-4-2-3-5-14-11/h2-8H,1H3. The molecule has 0 aliphatic heterocycles. The van der Waals surface area contributed by atoms with Gasteiger partial charge in [0.2, 0.25) is 5.82 Å². The number of aldehydes is 1. The molecule has 0 aromatic carbocycles. The Balaban J connectivity index is 2.23. The summed E-state index contributed by atoms with van der Waals surface area (Å²) in [5, 5.41) is 4.34. The summed E-state index contributed by atoms with van der Waals surface area (Å²) in [7, 11) is 0. The van der Waals surface area contributed by atoms with Crippen LogP contribution in [0.4, 0.5) is 0 Å². The van der Waals surface area contributed by atoms with Crippen molar-refractivity contribution in [3.63, 3.8) is 0 Å². The monoisotopic (exact) mass is 238 g/mol. The molecule has 0 fully saturated rings. The molecule has 3 heterocycles. The van der Waals surface area contributed by atoms with Gasteiger partial charge in [-0.05, 0) is 30.7 Å². The number of rotatable bonds is 2. The molecule has 0 spiro atoms. The summed E-state index contributed by atoms with van der Waals surface area (Å²) in [6.45, 7) is 1.90. The molecule has 5 nitrogen and oxygen atoms in total. The van der Waals surface area contributed by atoms with Crippen LogP contribution in [0, 0.1) is 6.92 Å². The highest BCUT2D eigenvalue weighted by Crippen LogP contribution is 2.16. The van der Waals surface area contributed by atoms with Gasteiger partial charge in [-0.15, -0.1) is 5.10 Å². The van der Waals surface area contributed by atoms with E-state index in [1.165, 1.54) is 0 Å². The topological polar surface area (TPSA) is 60.2 Å². The Bertz CT molecular complexity index is 718. The first-order valence-electron chi connectivity index (χ1n) is 5.51. The maximum absolute atomic E-state index is 10.8. The summed E-state index contributed by atoms with van der Waals surface area (Å²) < 4.78 is 1.61. The van der Waals surface area contributed by atoms with Crippen molar-refractivity contribution >= 4 is 11.9 Å². The second-order valence-corrected chi connectivity index (χ2v) is 3.99. The average Bonchev–Trinajstić information content (AvgIpc) is 2.84. The summed E-state index contributed by atoms with van der Waals surface area (Å²) in [5.41, 5.74) is 2.95. The predicted octanol–water partition coefficient (Wildman–Crippen LogP) is 1.91. The Kier molecular flexibility index (Phi) is 2.37. The Morgan fingerprint density at radius 3 is 2.94 bits per heavy atom. The van der Waals surface area contributed by atoms with E-state index in [0.717, 1.165) is 17.5 Å². The molecule has 0 radical (unpaired) electrons. The molecule has 88 valence electrons. The molecule has 3 aromatic heterocycles. The van der Waals surface area contributed by atoms with Crippen LogP contribution >= 0.6 is 0 Å². The van der Waals surface area contributed by atoms with Crippen LogP contribution in [0.5, 0.6) is 0 Å². The zero-order valence-corrected chi connectivity index (χ0v) is 9.74. The number of pyridine rings is 2. The Morgan fingerprint density at radius 2 is 2.22 bits per heavy atom. The van der Waals surface area contributed by atoms with E-state index in [2.05, 4.69) is 15.1 Å². The first-order chi connectivity index (χ1) is 8.78. The van der Waals surface area contributed by atoms with Crippen molar-refractivity contribution in [2.75, 3.05) is 0 Å². The zero-order valence-electron chi connectivity index (χ0n) is 9.74. The predicted molar refractivity (Wildman–Crippen MR) is 66.3 cm³/mol. The molecular weight excluding hydrogens is 228 g/mol. The third-order valence-electron chi connectivity index (χ3n) is 2.67. The molecule has 0 bridgehead atoms. The second kappa shape index (κ2) is 4.03. The number of nitrogens with zero attached hydrogens (tertiary/aromatic N) is 4. The van der Waals surface area contributed by atoms with E-state index in [0.29, 0.717) is 17.1 Å². The van der Waals surface area contributed by atoms with E-state index in [-0.39, 0.29) is 0 Å². The molecule has 0 aliphatic carbocycles. The highest BCUT2D eigenvalue weighted by Gasteiger charge is 2.09. The molecule has 0 N–H and O–H groups in total. The van der Waals surface area contributed by atoms with Gasteiger partial charge in [0.1, 0.15) is 5.69 Å². The van der Waals surface area contributed by atoms with Gasteiger partial charge in [-0.25, -0.2) is 9.50 Å². The lowest BCUT2D eigenvalue weighted by Gasteiger charge is -1.96. The smallest absolute Gasteiger partial charge is 0.200 e. The van der Waals surface area contributed by atoms with E-state index in [1.807, 2.05) is 25.1 Å². The van der Waals surface area contributed by atoms with Crippen LogP contribution < -0.4 is 0 Å². The normalized spacial score (nSPS) is 10.7. The minimum Gasteiger partial charge on any atom is -0.298 e. The molecule has 18 heavy (non-hydrogen) atoms. The van der Waals surface area contributed by atoms with Gasteiger partial charge >= 0.3 is 0 Å². The Labute approximate surface area is 103 Å². The van der Waals surface area contributed by atoms with Gasteiger partial charge in [-0.3, -0.25) is 9.78 Å². The largest absolute Gasteiger partial charge is 0.298 e. The molecular formula is C13H10N4O. The zero-order chi connectivity index (χ0) is 12.5. The van der Waals surface area contributed by atoms with Gasteiger partial charge in [-0.2, -0.15) is 0 Å². The first kappa shape index (κ1) is 10.6. The van der Waals surface area contributed by atoms with E-state index < -0.39 is 0 Å². The van der Waals surface area contributed by atoms with Gasteiger partial charge in [0.05, 0.1) is 0 Å². The summed E-state index contributed by atoms with van der Waals surface area (Å²) in [6.07, 6.45) is 4.16. The fraction of sp³-hybridized carbons (Fsp3) is 0.0769. The van der Waals surface area contributed by atoms with Crippen LogP contribution in [-0.2, 0) is 0 Å². The van der Waals surface area contributed by atoms with Gasteiger partial charge in [0, 0.05) is 18.0 Å². The fourth-order valence-corrected chi connectivity index (χ4v) is 1.84. The fourth-order valence-electron chi connectivity index (χ4n) is 1.84. The highest BCUT2D eigenvalue weighted by atomic mass is 16.1. The highest BCUT2D eigenvalue weighted by molar-refractivity contribution is 5.76. The minimum absolute atomic E-state index is 0.557. The molecule has 0 saturated heterocycles. The van der Waals surface area contributed by atoms with Crippen molar-refractivity contribution in [2.24, 2.45) is 0 Å². The van der Waals surface area contributed by atoms with Crippen molar-refractivity contribution in [3.8, 4) is 11.5 Å². The summed E-state index contributed by atoms with van der Waals surface area (Å²) in [5.74, 6) is 0.557. The van der Waals surface area contributed by atoms with Crippen LogP contribution in [0.3, 0.4) is 0 Å². The molecule has 0 amide bonds. The van der Waals surface area contributed by atoms with E-state index in [9.17, 15) is 4.79 Å². The number of carbonyl (C=O) groups is 1. The maximum Gasteiger partial charge on any atom is 0.200 e. The van der Waals surface area contributed by atoms with Crippen molar-refractivity contribution in [1.82, 2.24) is 19.6 Å². The van der Waals surface area contributed by atoms with Crippen molar-refractivity contribution in [3.05, 3.63) is 47.8 Å². The molecule has 0 atom stereocenters. The SMILES string of the molecule is Cc1cc(C=O)cn2nc(-c3ccccn3)nc12. The number of carbonyl (C=O) groups excluding carboxylic acids is 1. The lowest BCUT2D eigenvalue weighted by Crippen LogP contribution is -1.93. The second-order valence-electron chi connectivity index (χ2n) is 3.99. The average molecular weight is 238 g/mol. The van der Waals surface area contributed by atoms with Crippen LogP contribution in [0.2, 0.25) is 0 Å². The first-order valence-corrected chi connectivity index (χ1v) is 5.51. The Hall–Kier alpha value is -2.56. The molecule has 3 aromatic rings. The number of hydrogen-bond donors (Lipinski definition) is 0. The van der Waals surface area contributed by atoms with Gasteiger partial charge in [0.15, 0.2) is 11.9 Å². The van der Waals surface area contributed by atoms with Crippen molar-refractivity contribution in [1.29, 1.82) is 0 Å². The van der Waals surface area contributed by atoms with Crippen molar-refractivity contribution < 1.29 is 4.79 Å². The van der Waals surface area contributed by atoms with Gasteiger partial charge in [0.25, 0.3) is 0 Å². The van der Waals surface area contributed by atoms with E-state index >= 15 is 0 Å². The number of fused-ring (bicyclic) bond motifs is 1. The number of aromatic nitrogens is 4. The van der Waals surface area contributed by atoms with Crippen LogP contribution in [0.15, 0.2) is 36.7 Å². The van der Waals surface area contributed by atoms with Crippen LogP contribution in [0.25, 0.3) is 17.2 Å². The maximum atomic E-state index is 10.8. The third kappa shape index (κ3) is 1.66. The minimum atomic E-state index is 0.557. The molecule has 0 unspecified atom stereocenters. The summed E-state index contributed by atoms with van der Waals surface area (Å²) in [6, 6.07) is 7.37. The summed E-state index contributed by atoms with van der Waals surface area (Å²) in [4.78, 5) is 19.4. The Morgan fingerprint density at radius 1 is 1.33 bits per heavy atom. The lowest BCUT2D eigenvalue weighted by atomic mass is 10.2. The van der Waals surface area contributed by atoms with Crippen LogP contribution in [0.1, 0.15) is 15.9 Å². The number of aryl methyl sites for hydroxylation is 1. The summed E-state index contributed by atoms with van der Waals surface area (Å²) >= 11 is 0. The van der Waals surface area contributed by atoms with E-state index in [4.69, 9.17) is 0 Å². The van der Waals surface area contributed by atoms with Crippen LogP contribution in [-0.4, -0.2) is 25.9 Å².